The van der Waals surface area contributed by atoms with Crippen molar-refractivity contribution in [3.05, 3.63) is 53.6 Å². The van der Waals surface area contributed by atoms with Crippen molar-refractivity contribution in [3.8, 4) is 16.9 Å². The highest BCUT2D eigenvalue weighted by Gasteiger charge is 2.34. The Morgan fingerprint density at radius 2 is 1.48 bits per heavy atom. The first-order valence-electron chi connectivity index (χ1n) is 6.13. The number of hydrogen-bond donors (Lipinski definition) is 0. The lowest BCUT2D eigenvalue weighted by molar-refractivity contribution is -0.274. The second-order valence-corrected chi connectivity index (χ2v) is 4.49. The molecule has 0 N–H and O–H groups in total. The molecule has 0 radical (unpaired) electrons. The van der Waals surface area contributed by atoms with Gasteiger partial charge >= 0.3 is 12.5 Å². The second kappa shape index (κ2) is 5.94. The molecule has 0 atom stereocenters. The summed E-state index contributed by atoms with van der Waals surface area (Å²) in [5, 5.41) is 0. The van der Waals surface area contributed by atoms with E-state index in [9.17, 15) is 31.1 Å². The van der Waals surface area contributed by atoms with Crippen LogP contribution in [-0.2, 0) is 6.18 Å². The number of halogens is 6. The van der Waals surface area contributed by atoms with E-state index in [1.165, 1.54) is 0 Å². The molecule has 0 amide bonds. The standard InChI is InChI=1S/C15H8F6O2/c16-14(17,18)13-6-1-9(8-22)7-12(13)10-2-4-11(5-3-10)23-15(19,20)21/h1-8H. The summed E-state index contributed by atoms with van der Waals surface area (Å²) < 4.78 is 78.9. The molecular formula is C15H8F6O2. The van der Waals surface area contributed by atoms with Gasteiger partial charge in [-0.15, -0.1) is 13.2 Å². The van der Waals surface area contributed by atoms with Crippen LogP contribution in [0.2, 0.25) is 0 Å². The number of aldehydes is 1. The molecule has 0 aliphatic rings. The van der Waals surface area contributed by atoms with Crippen molar-refractivity contribution in [2.75, 3.05) is 0 Å². The molecule has 0 aliphatic carbocycles. The molecule has 0 fully saturated rings. The highest BCUT2D eigenvalue weighted by atomic mass is 19.4. The van der Waals surface area contributed by atoms with Gasteiger partial charge in [0.1, 0.15) is 12.0 Å². The van der Waals surface area contributed by atoms with Crippen molar-refractivity contribution in [3.63, 3.8) is 0 Å². The lowest BCUT2D eigenvalue weighted by atomic mass is 9.97. The van der Waals surface area contributed by atoms with Crippen LogP contribution in [0.1, 0.15) is 15.9 Å². The molecule has 2 nitrogen and oxygen atoms in total. The maximum atomic E-state index is 13.0. The lowest BCUT2D eigenvalue weighted by Gasteiger charge is -2.14. The average molecular weight is 334 g/mol. The summed E-state index contributed by atoms with van der Waals surface area (Å²) in [7, 11) is 0. The number of hydrogen-bond acceptors (Lipinski definition) is 2. The van der Waals surface area contributed by atoms with E-state index in [1.54, 1.807) is 0 Å². The van der Waals surface area contributed by atoms with Crippen molar-refractivity contribution >= 4 is 6.29 Å². The first kappa shape index (κ1) is 16.9. The van der Waals surface area contributed by atoms with Gasteiger partial charge in [-0.1, -0.05) is 18.2 Å². The van der Waals surface area contributed by atoms with E-state index in [1.807, 2.05) is 0 Å². The minimum atomic E-state index is -4.89. The number of benzene rings is 2. The fraction of sp³-hybridized carbons (Fsp3) is 0.133. The molecular weight excluding hydrogens is 326 g/mol. The van der Waals surface area contributed by atoms with Gasteiger partial charge in [0.05, 0.1) is 5.56 Å². The quantitative estimate of drug-likeness (QED) is 0.578. The summed E-state index contributed by atoms with van der Waals surface area (Å²) in [6, 6.07) is 6.70. The van der Waals surface area contributed by atoms with E-state index in [0.29, 0.717) is 6.29 Å². The van der Waals surface area contributed by atoms with Gasteiger partial charge in [0.15, 0.2) is 0 Å². The van der Waals surface area contributed by atoms with Crippen LogP contribution in [0.3, 0.4) is 0 Å². The molecule has 23 heavy (non-hydrogen) atoms. The van der Waals surface area contributed by atoms with Crippen molar-refractivity contribution < 1.29 is 35.9 Å². The number of ether oxygens (including phenoxy) is 1. The summed E-state index contributed by atoms with van der Waals surface area (Å²) in [5.74, 6) is -0.554. The minimum absolute atomic E-state index is 0.00977. The Bertz CT molecular complexity index is 701. The number of carbonyl (C=O) groups excluding carboxylic acids is 1. The molecule has 2 aromatic rings. The minimum Gasteiger partial charge on any atom is -0.406 e. The molecule has 2 aromatic carbocycles. The molecule has 0 saturated carbocycles. The van der Waals surface area contributed by atoms with Crippen LogP contribution in [0.15, 0.2) is 42.5 Å². The molecule has 2 rings (SSSR count). The monoisotopic (exact) mass is 334 g/mol. The van der Waals surface area contributed by atoms with Gasteiger partial charge in [-0.25, -0.2) is 0 Å². The molecule has 0 spiro atoms. The van der Waals surface area contributed by atoms with Gasteiger partial charge in [0, 0.05) is 5.56 Å². The van der Waals surface area contributed by atoms with Gasteiger partial charge < -0.3 is 4.74 Å². The van der Waals surface area contributed by atoms with E-state index >= 15 is 0 Å². The Balaban J connectivity index is 2.46. The third-order valence-electron chi connectivity index (χ3n) is 2.88. The lowest BCUT2D eigenvalue weighted by Crippen LogP contribution is -2.17. The zero-order valence-electron chi connectivity index (χ0n) is 11.2. The first-order chi connectivity index (χ1) is 10.6. The molecule has 0 heterocycles. The van der Waals surface area contributed by atoms with Crippen LogP contribution < -0.4 is 4.74 Å². The van der Waals surface area contributed by atoms with Crippen molar-refractivity contribution in [2.45, 2.75) is 12.5 Å². The highest BCUT2D eigenvalue weighted by molar-refractivity contribution is 5.80. The normalized spacial score (nSPS) is 12.1. The molecule has 0 bridgehead atoms. The van der Waals surface area contributed by atoms with E-state index in [2.05, 4.69) is 4.74 Å². The molecule has 0 unspecified atom stereocenters. The van der Waals surface area contributed by atoms with E-state index in [4.69, 9.17) is 0 Å². The highest BCUT2D eigenvalue weighted by Crippen LogP contribution is 2.38. The van der Waals surface area contributed by atoms with Crippen molar-refractivity contribution in [1.82, 2.24) is 0 Å². The zero-order valence-corrected chi connectivity index (χ0v) is 11.2. The average Bonchev–Trinajstić information content (AvgIpc) is 2.45. The molecule has 122 valence electrons. The number of alkyl halides is 6. The fourth-order valence-corrected chi connectivity index (χ4v) is 1.96. The molecule has 8 heteroatoms. The fourth-order valence-electron chi connectivity index (χ4n) is 1.96. The van der Waals surface area contributed by atoms with E-state index < -0.39 is 23.9 Å². The second-order valence-electron chi connectivity index (χ2n) is 4.49. The summed E-state index contributed by atoms with van der Waals surface area (Å²) in [6.45, 7) is 0. The Labute approximate surface area is 126 Å². The van der Waals surface area contributed by atoms with Crippen molar-refractivity contribution in [2.24, 2.45) is 0 Å². The van der Waals surface area contributed by atoms with Gasteiger partial charge in [-0.2, -0.15) is 13.2 Å². The van der Waals surface area contributed by atoms with Gasteiger partial charge in [0.25, 0.3) is 0 Å². The van der Waals surface area contributed by atoms with Gasteiger partial charge in [-0.3, -0.25) is 4.79 Å². The van der Waals surface area contributed by atoms with Gasteiger partial charge in [0.2, 0.25) is 0 Å². The van der Waals surface area contributed by atoms with Gasteiger partial charge in [-0.05, 0) is 35.4 Å². The maximum Gasteiger partial charge on any atom is 0.573 e. The SMILES string of the molecule is O=Cc1ccc(C(F)(F)F)c(-c2ccc(OC(F)(F)F)cc2)c1. The summed E-state index contributed by atoms with van der Waals surface area (Å²) in [5.41, 5.74) is -1.27. The van der Waals surface area contributed by atoms with Crippen LogP contribution in [0.4, 0.5) is 26.3 Å². The van der Waals surface area contributed by atoms with E-state index in [0.717, 1.165) is 42.5 Å². The summed E-state index contributed by atoms with van der Waals surface area (Å²) >= 11 is 0. The number of carbonyl (C=O) groups is 1. The molecule has 0 saturated heterocycles. The third kappa shape index (κ3) is 4.24. The third-order valence-corrected chi connectivity index (χ3v) is 2.88. The topological polar surface area (TPSA) is 26.3 Å². The molecule has 0 aliphatic heterocycles. The predicted molar refractivity (Wildman–Crippen MR) is 69.0 cm³/mol. The molecule has 0 aromatic heterocycles. The van der Waals surface area contributed by atoms with Crippen molar-refractivity contribution in [1.29, 1.82) is 0 Å². The Kier molecular flexibility index (Phi) is 4.35. The maximum absolute atomic E-state index is 13.0. The van der Waals surface area contributed by atoms with Crippen LogP contribution in [-0.4, -0.2) is 12.6 Å². The zero-order chi connectivity index (χ0) is 17.3. The largest absolute Gasteiger partial charge is 0.573 e. The van der Waals surface area contributed by atoms with E-state index in [-0.39, 0.29) is 16.7 Å². The van der Waals surface area contributed by atoms with Crippen LogP contribution in [0.5, 0.6) is 5.75 Å². The Hall–Kier alpha value is -2.51. The Morgan fingerprint density at radius 3 is 1.96 bits per heavy atom. The summed E-state index contributed by atoms with van der Waals surface area (Å²) in [6.07, 6.45) is -9.18. The van der Waals surface area contributed by atoms with Crippen LogP contribution in [0, 0.1) is 0 Å². The van der Waals surface area contributed by atoms with Crippen LogP contribution in [0.25, 0.3) is 11.1 Å². The van der Waals surface area contributed by atoms with Crippen LogP contribution >= 0.6 is 0 Å². The smallest absolute Gasteiger partial charge is 0.406 e. The predicted octanol–water partition coefficient (Wildman–Crippen LogP) is 5.08. The number of rotatable bonds is 3. The summed E-state index contributed by atoms with van der Waals surface area (Å²) in [4.78, 5) is 10.7. The Morgan fingerprint density at radius 1 is 0.870 bits per heavy atom. The first-order valence-corrected chi connectivity index (χ1v) is 6.13.